The van der Waals surface area contributed by atoms with Crippen LogP contribution in [0.5, 0.6) is 11.5 Å². The van der Waals surface area contributed by atoms with Gasteiger partial charge in [0.15, 0.2) is 0 Å². The lowest BCUT2D eigenvalue weighted by atomic mass is 10.2. The van der Waals surface area contributed by atoms with Crippen molar-refractivity contribution in [1.82, 2.24) is 19.8 Å². The molecule has 2 heterocycles. The van der Waals surface area contributed by atoms with Crippen LogP contribution in [0.15, 0.2) is 34.4 Å². The Morgan fingerprint density at radius 2 is 2.04 bits per heavy atom. The molecule has 3 aromatic rings. The first-order valence-corrected chi connectivity index (χ1v) is 8.57. The standard InChI is InChI=1S/C15H14ClN5O4S/c1-24-11-7-10(12(25-2)6-9(11)16)17-13(22)8-20-15(23)21(19-18-20)14-4-3-5-26-14/h3-7H,8H2,1-2H3,(H,17,22). The van der Waals surface area contributed by atoms with E-state index in [4.69, 9.17) is 21.1 Å². The van der Waals surface area contributed by atoms with Crippen LogP contribution in [-0.2, 0) is 11.3 Å². The van der Waals surface area contributed by atoms with Crippen LogP contribution < -0.4 is 20.5 Å². The Morgan fingerprint density at radius 3 is 2.69 bits per heavy atom. The number of halogens is 1. The number of nitrogens with one attached hydrogen (secondary N) is 1. The summed E-state index contributed by atoms with van der Waals surface area (Å²) in [6.45, 7) is -0.307. The van der Waals surface area contributed by atoms with Gasteiger partial charge in [0.05, 0.1) is 24.9 Å². The molecule has 136 valence electrons. The fourth-order valence-electron chi connectivity index (χ4n) is 2.19. The average molecular weight is 396 g/mol. The molecule has 0 aliphatic heterocycles. The molecule has 0 fully saturated rings. The Balaban J connectivity index is 1.79. The van der Waals surface area contributed by atoms with Crippen LogP contribution in [0.4, 0.5) is 5.69 Å². The average Bonchev–Trinajstić information content (AvgIpc) is 3.26. The SMILES string of the molecule is COc1cc(NC(=O)Cn2nnn(-c3cccs3)c2=O)c(OC)cc1Cl. The lowest BCUT2D eigenvalue weighted by Gasteiger charge is -2.12. The Morgan fingerprint density at radius 1 is 1.27 bits per heavy atom. The monoisotopic (exact) mass is 395 g/mol. The van der Waals surface area contributed by atoms with E-state index in [0.29, 0.717) is 27.2 Å². The number of hydrogen-bond acceptors (Lipinski definition) is 7. The first-order valence-electron chi connectivity index (χ1n) is 7.31. The summed E-state index contributed by atoms with van der Waals surface area (Å²) in [6, 6.07) is 6.58. The van der Waals surface area contributed by atoms with Crippen LogP contribution in [0, 0.1) is 0 Å². The molecule has 0 saturated carbocycles. The maximum Gasteiger partial charge on any atom is 0.369 e. The van der Waals surface area contributed by atoms with Crippen molar-refractivity contribution in [2.75, 3.05) is 19.5 Å². The van der Waals surface area contributed by atoms with Gasteiger partial charge in [0.1, 0.15) is 23.0 Å². The number of amides is 1. The summed E-state index contributed by atoms with van der Waals surface area (Å²) in [6.07, 6.45) is 0. The van der Waals surface area contributed by atoms with Crippen LogP contribution in [0.25, 0.3) is 5.00 Å². The lowest BCUT2D eigenvalue weighted by molar-refractivity contribution is -0.117. The van der Waals surface area contributed by atoms with Crippen LogP contribution in [-0.4, -0.2) is 39.9 Å². The van der Waals surface area contributed by atoms with Gasteiger partial charge in [-0.15, -0.1) is 11.3 Å². The number of methoxy groups -OCH3 is 2. The molecule has 0 atom stereocenters. The smallest absolute Gasteiger partial charge is 0.369 e. The van der Waals surface area contributed by atoms with Gasteiger partial charge in [-0.05, 0) is 27.9 Å². The molecule has 0 spiro atoms. The quantitative estimate of drug-likeness (QED) is 0.683. The molecule has 1 aromatic carbocycles. The van der Waals surface area contributed by atoms with Crippen molar-refractivity contribution in [2.24, 2.45) is 0 Å². The molecule has 1 amide bonds. The number of hydrogen-bond donors (Lipinski definition) is 1. The van der Waals surface area contributed by atoms with Crippen LogP contribution in [0.2, 0.25) is 5.02 Å². The number of rotatable bonds is 6. The summed E-state index contributed by atoms with van der Waals surface area (Å²) >= 11 is 7.37. The Hall–Kier alpha value is -2.85. The maximum absolute atomic E-state index is 12.3. The van der Waals surface area contributed by atoms with Gasteiger partial charge in [-0.3, -0.25) is 4.79 Å². The van der Waals surface area contributed by atoms with Gasteiger partial charge in [-0.25, -0.2) is 4.79 Å². The predicted octanol–water partition coefficient (Wildman–Crippen LogP) is 1.80. The molecule has 0 aliphatic carbocycles. The predicted molar refractivity (Wildman–Crippen MR) is 96.7 cm³/mol. The zero-order valence-corrected chi connectivity index (χ0v) is 15.4. The molecule has 0 radical (unpaired) electrons. The number of carbonyl (C=O) groups is 1. The van der Waals surface area contributed by atoms with E-state index in [1.807, 2.05) is 5.38 Å². The van der Waals surface area contributed by atoms with Crippen molar-refractivity contribution in [3.63, 3.8) is 0 Å². The molecule has 26 heavy (non-hydrogen) atoms. The van der Waals surface area contributed by atoms with Gasteiger partial charge in [0.2, 0.25) is 5.91 Å². The molecule has 11 heteroatoms. The molecule has 0 aliphatic rings. The Bertz CT molecular complexity index is 983. The van der Waals surface area contributed by atoms with Gasteiger partial charge in [0.25, 0.3) is 0 Å². The zero-order chi connectivity index (χ0) is 18.7. The second-order valence-corrected chi connectivity index (χ2v) is 6.35. The van der Waals surface area contributed by atoms with Gasteiger partial charge in [-0.1, -0.05) is 11.6 Å². The number of benzene rings is 1. The highest BCUT2D eigenvalue weighted by Crippen LogP contribution is 2.35. The number of anilines is 1. The third-order valence-corrected chi connectivity index (χ3v) is 4.53. The molecule has 0 bridgehead atoms. The third-order valence-electron chi connectivity index (χ3n) is 3.40. The first kappa shape index (κ1) is 18.0. The molecule has 0 saturated heterocycles. The minimum absolute atomic E-state index is 0.307. The van der Waals surface area contributed by atoms with E-state index < -0.39 is 11.6 Å². The van der Waals surface area contributed by atoms with E-state index in [0.717, 1.165) is 9.36 Å². The molecule has 3 rings (SSSR count). The second-order valence-electron chi connectivity index (χ2n) is 5.02. The zero-order valence-electron chi connectivity index (χ0n) is 13.8. The summed E-state index contributed by atoms with van der Waals surface area (Å²) in [5.74, 6) is 0.260. The minimum Gasteiger partial charge on any atom is -0.495 e. The summed E-state index contributed by atoms with van der Waals surface area (Å²) in [5, 5.41) is 12.9. The second kappa shape index (κ2) is 7.58. The van der Waals surface area contributed by atoms with E-state index in [1.54, 1.807) is 12.1 Å². The lowest BCUT2D eigenvalue weighted by Crippen LogP contribution is -2.29. The Kier molecular flexibility index (Phi) is 5.24. The number of aromatic nitrogens is 4. The molecular weight excluding hydrogens is 382 g/mol. The molecule has 9 nitrogen and oxygen atoms in total. The van der Waals surface area contributed by atoms with Gasteiger partial charge in [0, 0.05) is 12.1 Å². The van der Waals surface area contributed by atoms with Gasteiger partial charge >= 0.3 is 5.69 Å². The fraction of sp³-hybridized carbons (Fsp3) is 0.200. The summed E-state index contributed by atoms with van der Waals surface area (Å²) in [7, 11) is 2.91. The summed E-state index contributed by atoms with van der Waals surface area (Å²) < 4.78 is 12.4. The van der Waals surface area contributed by atoms with Crippen molar-refractivity contribution in [2.45, 2.75) is 6.54 Å². The highest BCUT2D eigenvalue weighted by molar-refractivity contribution is 7.12. The molecule has 1 N–H and O–H groups in total. The largest absolute Gasteiger partial charge is 0.495 e. The summed E-state index contributed by atoms with van der Waals surface area (Å²) in [5.41, 5.74) is -0.152. The van der Waals surface area contributed by atoms with Crippen molar-refractivity contribution in [3.8, 4) is 16.5 Å². The van der Waals surface area contributed by atoms with Crippen LogP contribution >= 0.6 is 22.9 Å². The number of thiophene rings is 1. The van der Waals surface area contributed by atoms with E-state index in [1.165, 1.54) is 37.7 Å². The van der Waals surface area contributed by atoms with Crippen molar-refractivity contribution < 1.29 is 14.3 Å². The van der Waals surface area contributed by atoms with Crippen molar-refractivity contribution in [3.05, 3.63) is 45.2 Å². The number of nitrogens with zero attached hydrogens (tertiary/aromatic N) is 4. The van der Waals surface area contributed by atoms with E-state index in [9.17, 15) is 9.59 Å². The minimum atomic E-state index is -0.511. The summed E-state index contributed by atoms with van der Waals surface area (Å²) in [4.78, 5) is 24.6. The van der Waals surface area contributed by atoms with Gasteiger partial charge < -0.3 is 14.8 Å². The van der Waals surface area contributed by atoms with E-state index >= 15 is 0 Å². The molecule has 0 unspecified atom stereocenters. The van der Waals surface area contributed by atoms with Crippen LogP contribution in [0.3, 0.4) is 0 Å². The normalized spacial score (nSPS) is 10.6. The van der Waals surface area contributed by atoms with E-state index in [2.05, 4.69) is 15.7 Å². The first-order chi connectivity index (χ1) is 12.5. The topological polar surface area (TPSA) is 100 Å². The van der Waals surface area contributed by atoms with Crippen molar-refractivity contribution in [1.29, 1.82) is 0 Å². The fourth-order valence-corrected chi connectivity index (χ4v) is 3.08. The van der Waals surface area contributed by atoms with Crippen LogP contribution in [0.1, 0.15) is 0 Å². The number of tetrazole rings is 1. The van der Waals surface area contributed by atoms with Gasteiger partial charge in [-0.2, -0.15) is 9.36 Å². The molecule has 2 aromatic heterocycles. The molecular formula is C15H14ClN5O4S. The highest BCUT2D eigenvalue weighted by atomic mass is 35.5. The Labute approximate surface area is 156 Å². The third kappa shape index (κ3) is 3.55. The number of ether oxygens (including phenoxy) is 2. The number of carbonyl (C=O) groups excluding carboxylic acids is 1. The highest BCUT2D eigenvalue weighted by Gasteiger charge is 2.16. The maximum atomic E-state index is 12.3. The van der Waals surface area contributed by atoms with Crippen molar-refractivity contribution >= 4 is 34.5 Å². The van der Waals surface area contributed by atoms with E-state index in [-0.39, 0.29) is 6.54 Å².